The van der Waals surface area contributed by atoms with Gasteiger partial charge in [0.15, 0.2) is 0 Å². The summed E-state index contributed by atoms with van der Waals surface area (Å²) in [6.45, 7) is 0. The van der Waals surface area contributed by atoms with E-state index in [-0.39, 0.29) is 5.56 Å². The van der Waals surface area contributed by atoms with Gasteiger partial charge in [0.05, 0.1) is 0 Å². The number of fused-ring (bicyclic) bond motifs is 1. The van der Waals surface area contributed by atoms with E-state index in [1.54, 1.807) is 18.2 Å². The van der Waals surface area contributed by atoms with Crippen LogP contribution in [0.1, 0.15) is 10.4 Å². The zero-order valence-electron chi connectivity index (χ0n) is 9.40. The van der Waals surface area contributed by atoms with Gasteiger partial charge in [0.2, 0.25) is 0 Å². The van der Waals surface area contributed by atoms with Gasteiger partial charge in [-0.05, 0) is 24.3 Å². The number of nitrogens with two attached hydrogens (primary N) is 1. The van der Waals surface area contributed by atoms with E-state index in [4.69, 9.17) is 10.2 Å². The molecule has 0 aliphatic carbocycles. The second kappa shape index (κ2) is 5.11. The molecule has 8 heteroatoms. The van der Waals surface area contributed by atoms with Crippen LogP contribution in [-0.4, -0.2) is 11.9 Å². The Hall–Kier alpha value is -2.35. The predicted octanol–water partition coefficient (Wildman–Crippen LogP) is 0.869. The Morgan fingerprint density at radius 1 is 1.21 bits per heavy atom. The quantitative estimate of drug-likeness (QED) is 0.533. The number of nitrogens with one attached hydrogen (secondary N) is 2. The van der Waals surface area contributed by atoms with Crippen LogP contribution in [0.5, 0.6) is 0 Å². The van der Waals surface area contributed by atoms with Crippen LogP contribution in [-0.2, 0) is 0 Å². The van der Waals surface area contributed by atoms with Crippen molar-refractivity contribution in [1.29, 1.82) is 0 Å². The Labute approximate surface area is 114 Å². The minimum atomic E-state index is -0.943. The molecule has 0 saturated carbocycles. The molecule has 1 heterocycles. The number of benzene rings is 1. The molecule has 0 radical (unpaired) electrons. The number of urea groups is 1. The molecule has 0 bridgehead atoms. The highest BCUT2D eigenvalue weighted by molar-refractivity contribution is 9.10. The summed E-state index contributed by atoms with van der Waals surface area (Å²) < 4.78 is 5.77. The minimum absolute atomic E-state index is 0.237. The predicted molar refractivity (Wildman–Crippen MR) is 70.4 cm³/mol. The van der Waals surface area contributed by atoms with Gasteiger partial charge in [-0.2, -0.15) is 0 Å². The van der Waals surface area contributed by atoms with Gasteiger partial charge >= 0.3 is 11.7 Å². The Morgan fingerprint density at radius 2 is 1.95 bits per heavy atom. The molecule has 2 rings (SSSR count). The monoisotopic (exact) mass is 325 g/mol. The van der Waals surface area contributed by atoms with E-state index in [1.165, 1.54) is 6.07 Å². The first-order chi connectivity index (χ1) is 8.97. The van der Waals surface area contributed by atoms with E-state index in [2.05, 4.69) is 15.9 Å². The molecule has 0 aliphatic heterocycles. The van der Waals surface area contributed by atoms with Crippen LogP contribution in [0.15, 0.2) is 37.9 Å². The van der Waals surface area contributed by atoms with Crippen LogP contribution >= 0.6 is 15.9 Å². The SMILES string of the molecule is NC(=O)NNC(=O)c1cc2cc(Br)ccc2oc1=O. The van der Waals surface area contributed by atoms with Gasteiger partial charge in [-0.25, -0.2) is 15.0 Å². The van der Waals surface area contributed by atoms with Crippen LogP contribution in [0.4, 0.5) is 4.79 Å². The lowest BCUT2D eigenvalue weighted by Crippen LogP contribution is -2.45. The molecule has 0 fully saturated rings. The summed E-state index contributed by atoms with van der Waals surface area (Å²) in [7, 11) is 0. The Balaban J connectivity index is 2.43. The summed E-state index contributed by atoms with van der Waals surface area (Å²) >= 11 is 3.27. The third-order valence-electron chi connectivity index (χ3n) is 2.24. The number of carbonyl (C=O) groups is 2. The van der Waals surface area contributed by atoms with Gasteiger partial charge in [0.1, 0.15) is 11.1 Å². The second-order valence-electron chi connectivity index (χ2n) is 3.57. The lowest BCUT2D eigenvalue weighted by Gasteiger charge is -2.04. The molecule has 19 heavy (non-hydrogen) atoms. The fourth-order valence-corrected chi connectivity index (χ4v) is 1.82. The molecule has 2 aromatic rings. The van der Waals surface area contributed by atoms with Crippen molar-refractivity contribution < 1.29 is 14.0 Å². The molecule has 3 amide bonds. The summed E-state index contributed by atoms with van der Waals surface area (Å²) in [5.74, 6) is -0.811. The topological polar surface area (TPSA) is 114 Å². The lowest BCUT2D eigenvalue weighted by atomic mass is 10.2. The maximum atomic E-state index is 11.6. The number of primary amides is 1. The third-order valence-corrected chi connectivity index (χ3v) is 2.73. The Kier molecular flexibility index (Phi) is 3.52. The highest BCUT2D eigenvalue weighted by Crippen LogP contribution is 2.19. The third kappa shape index (κ3) is 2.91. The number of rotatable bonds is 1. The summed E-state index contributed by atoms with van der Waals surface area (Å²) in [5.41, 5.74) is 7.97. The van der Waals surface area contributed by atoms with E-state index < -0.39 is 17.6 Å². The van der Waals surface area contributed by atoms with Crippen LogP contribution in [0.3, 0.4) is 0 Å². The molecular weight excluding hydrogens is 318 g/mol. The molecule has 4 N–H and O–H groups in total. The zero-order chi connectivity index (χ0) is 14.0. The van der Waals surface area contributed by atoms with Gasteiger partial charge in [-0.1, -0.05) is 15.9 Å². The maximum absolute atomic E-state index is 11.6. The molecular formula is C11H8BrN3O4. The van der Waals surface area contributed by atoms with Crippen molar-refractivity contribution in [2.24, 2.45) is 5.73 Å². The summed E-state index contributed by atoms with van der Waals surface area (Å²) in [6, 6.07) is 5.42. The van der Waals surface area contributed by atoms with Crippen LogP contribution in [0, 0.1) is 0 Å². The lowest BCUT2D eigenvalue weighted by molar-refractivity contribution is 0.0934. The Bertz CT molecular complexity index is 725. The molecule has 0 saturated heterocycles. The van der Waals surface area contributed by atoms with E-state index in [0.717, 1.165) is 4.47 Å². The molecule has 0 aliphatic rings. The highest BCUT2D eigenvalue weighted by Gasteiger charge is 2.14. The molecule has 1 aromatic heterocycles. The van der Waals surface area contributed by atoms with Crippen LogP contribution in [0.25, 0.3) is 11.0 Å². The molecule has 0 unspecified atom stereocenters. The van der Waals surface area contributed by atoms with Gasteiger partial charge in [-0.15, -0.1) is 0 Å². The average Bonchev–Trinajstić information content (AvgIpc) is 2.35. The Morgan fingerprint density at radius 3 is 2.63 bits per heavy atom. The van der Waals surface area contributed by atoms with Crippen molar-refractivity contribution in [3.05, 3.63) is 44.7 Å². The zero-order valence-corrected chi connectivity index (χ0v) is 11.0. The van der Waals surface area contributed by atoms with Crippen molar-refractivity contribution in [3.8, 4) is 0 Å². The van der Waals surface area contributed by atoms with E-state index >= 15 is 0 Å². The number of amides is 3. The average molecular weight is 326 g/mol. The minimum Gasteiger partial charge on any atom is -0.422 e. The smallest absolute Gasteiger partial charge is 0.349 e. The van der Waals surface area contributed by atoms with Crippen molar-refractivity contribution in [1.82, 2.24) is 10.9 Å². The number of hydrazine groups is 1. The summed E-state index contributed by atoms with van der Waals surface area (Å²) in [5, 5.41) is 0.568. The van der Waals surface area contributed by atoms with Gasteiger partial charge < -0.3 is 10.2 Å². The van der Waals surface area contributed by atoms with Crippen LogP contribution in [0.2, 0.25) is 0 Å². The second-order valence-corrected chi connectivity index (χ2v) is 4.49. The van der Waals surface area contributed by atoms with E-state index in [9.17, 15) is 14.4 Å². The highest BCUT2D eigenvalue weighted by atomic mass is 79.9. The first kappa shape index (κ1) is 13.1. The molecule has 1 aromatic carbocycles. The number of carbonyl (C=O) groups excluding carboxylic acids is 2. The van der Waals surface area contributed by atoms with Crippen LogP contribution < -0.4 is 22.2 Å². The first-order valence-electron chi connectivity index (χ1n) is 5.06. The van der Waals surface area contributed by atoms with Crippen molar-refractivity contribution >= 4 is 38.8 Å². The number of halogens is 1. The van der Waals surface area contributed by atoms with Gasteiger partial charge in [-0.3, -0.25) is 10.2 Å². The van der Waals surface area contributed by atoms with E-state index in [1.807, 2.05) is 10.9 Å². The fraction of sp³-hybridized carbons (Fsp3) is 0. The van der Waals surface area contributed by atoms with Crippen molar-refractivity contribution in [2.45, 2.75) is 0 Å². The maximum Gasteiger partial charge on any atom is 0.349 e. The number of hydrogen-bond acceptors (Lipinski definition) is 4. The molecule has 0 spiro atoms. The summed E-state index contributed by atoms with van der Waals surface area (Å²) in [6.07, 6.45) is 0. The molecule has 7 nitrogen and oxygen atoms in total. The van der Waals surface area contributed by atoms with Gasteiger partial charge in [0, 0.05) is 9.86 Å². The van der Waals surface area contributed by atoms with Crippen molar-refractivity contribution in [3.63, 3.8) is 0 Å². The summed E-state index contributed by atoms with van der Waals surface area (Å²) in [4.78, 5) is 33.7. The van der Waals surface area contributed by atoms with Gasteiger partial charge in [0.25, 0.3) is 5.91 Å². The largest absolute Gasteiger partial charge is 0.422 e. The number of hydrogen-bond donors (Lipinski definition) is 3. The molecule has 98 valence electrons. The molecule has 0 atom stereocenters. The standard InChI is InChI=1S/C11H8BrN3O4/c12-6-1-2-8-5(3-6)4-7(10(17)19-8)9(16)14-15-11(13)18/h1-4H,(H,14,16)(H3,13,15,18). The van der Waals surface area contributed by atoms with E-state index in [0.29, 0.717) is 11.0 Å². The first-order valence-corrected chi connectivity index (χ1v) is 5.86. The normalized spacial score (nSPS) is 10.2. The fourth-order valence-electron chi connectivity index (χ4n) is 1.44. The van der Waals surface area contributed by atoms with Crippen molar-refractivity contribution in [2.75, 3.05) is 0 Å².